The van der Waals surface area contributed by atoms with E-state index in [1.165, 1.54) is 0 Å². The van der Waals surface area contributed by atoms with E-state index >= 15 is 0 Å². The van der Waals surface area contributed by atoms with Crippen LogP contribution in [0.4, 0.5) is 11.8 Å². The second kappa shape index (κ2) is 6.19. The Kier molecular flexibility index (Phi) is 5.18. The molecule has 0 fully saturated rings. The molecule has 4 nitrogen and oxygen atoms in total. The highest BCUT2D eigenvalue weighted by atomic mass is 79.9. The number of anilines is 2. The van der Waals surface area contributed by atoms with Crippen molar-refractivity contribution in [2.45, 2.75) is 27.7 Å². The van der Waals surface area contributed by atoms with Crippen molar-refractivity contribution in [3.8, 4) is 0 Å². The minimum atomic E-state index is 0.472. The van der Waals surface area contributed by atoms with E-state index in [0.29, 0.717) is 34.1 Å². The van der Waals surface area contributed by atoms with Crippen LogP contribution in [0.25, 0.3) is 0 Å². The van der Waals surface area contributed by atoms with Gasteiger partial charge in [0.2, 0.25) is 5.95 Å². The van der Waals surface area contributed by atoms with E-state index in [0.717, 1.165) is 6.54 Å². The normalized spacial score (nSPS) is 11.5. The number of rotatable bonds is 5. The van der Waals surface area contributed by atoms with Gasteiger partial charge in [0.25, 0.3) is 0 Å². The molecule has 1 aromatic rings. The molecule has 17 heavy (non-hydrogen) atoms. The maximum absolute atomic E-state index is 5.66. The topological polar surface area (TPSA) is 63.8 Å². The fourth-order valence-corrected chi connectivity index (χ4v) is 2.37. The molecule has 0 atom stereocenters. The molecule has 0 aromatic carbocycles. The monoisotopic (exact) mass is 300 g/mol. The highest BCUT2D eigenvalue weighted by Gasteiger charge is 2.17. The summed E-state index contributed by atoms with van der Waals surface area (Å²) in [6.07, 6.45) is 0. The third-order valence-corrected chi connectivity index (χ3v) is 3.33. The molecule has 1 aromatic heterocycles. The van der Waals surface area contributed by atoms with Crippen LogP contribution in [0.15, 0.2) is 10.7 Å². The lowest BCUT2D eigenvalue weighted by Crippen LogP contribution is -2.25. The Morgan fingerprint density at radius 2 is 1.82 bits per heavy atom. The molecule has 0 aliphatic carbocycles. The SMILES string of the molecule is CC(C)C(CNc1nc(N)cc(Br)n1)C(C)C. The minimum absolute atomic E-state index is 0.472. The van der Waals surface area contributed by atoms with Gasteiger partial charge in [0.1, 0.15) is 10.4 Å². The zero-order valence-electron chi connectivity index (χ0n) is 10.9. The van der Waals surface area contributed by atoms with Crippen LogP contribution in [0.1, 0.15) is 27.7 Å². The molecule has 5 heteroatoms. The summed E-state index contributed by atoms with van der Waals surface area (Å²) in [6, 6.07) is 1.69. The van der Waals surface area contributed by atoms with Crippen LogP contribution < -0.4 is 11.1 Å². The van der Waals surface area contributed by atoms with E-state index in [1.807, 2.05) is 0 Å². The summed E-state index contributed by atoms with van der Waals surface area (Å²) < 4.78 is 0.707. The first kappa shape index (κ1) is 14.2. The Bertz CT molecular complexity index is 337. The predicted octanol–water partition coefficient (Wildman–Crippen LogP) is 3.16. The molecule has 0 radical (unpaired) electrons. The number of halogens is 1. The molecular weight excluding hydrogens is 280 g/mol. The smallest absolute Gasteiger partial charge is 0.225 e. The van der Waals surface area contributed by atoms with Gasteiger partial charge in [0.15, 0.2) is 0 Å². The van der Waals surface area contributed by atoms with E-state index in [2.05, 4.69) is 58.9 Å². The fraction of sp³-hybridized carbons (Fsp3) is 0.667. The Balaban J connectivity index is 2.65. The first-order valence-electron chi connectivity index (χ1n) is 5.94. The van der Waals surface area contributed by atoms with Gasteiger partial charge in [-0.15, -0.1) is 0 Å². The van der Waals surface area contributed by atoms with Crippen LogP contribution in [0, 0.1) is 17.8 Å². The van der Waals surface area contributed by atoms with Crippen LogP contribution in [-0.4, -0.2) is 16.5 Å². The number of hydrogen-bond acceptors (Lipinski definition) is 4. The molecule has 96 valence electrons. The molecule has 0 unspecified atom stereocenters. The molecule has 3 N–H and O–H groups in total. The Morgan fingerprint density at radius 3 is 2.29 bits per heavy atom. The van der Waals surface area contributed by atoms with E-state index < -0.39 is 0 Å². The first-order chi connectivity index (χ1) is 7.90. The summed E-state index contributed by atoms with van der Waals surface area (Å²) in [5.74, 6) is 2.92. The van der Waals surface area contributed by atoms with Gasteiger partial charge in [-0.3, -0.25) is 0 Å². The number of nitrogens with zero attached hydrogens (tertiary/aromatic N) is 2. The molecule has 0 aliphatic heterocycles. The molecular formula is C12H21BrN4. The fourth-order valence-electron chi connectivity index (χ4n) is 1.96. The number of aromatic nitrogens is 2. The van der Waals surface area contributed by atoms with Gasteiger partial charge in [-0.1, -0.05) is 27.7 Å². The lowest BCUT2D eigenvalue weighted by atomic mass is 9.85. The van der Waals surface area contributed by atoms with Gasteiger partial charge in [-0.05, 0) is 33.7 Å². The Morgan fingerprint density at radius 1 is 1.24 bits per heavy atom. The number of nitrogens with one attached hydrogen (secondary N) is 1. The lowest BCUT2D eigenvalue weighted by Gasteiger charge is -2.25. The van der Waals surface area contributed by atoms with Gasteiger partial charge < -0.3 is 11.1 Å². The Labute approximate surface area is 112 Å². The molecule has 1 rings (SSSR count). The van der Waals surface area contributed by atoms with E-state index in [4.69, 9.17) is 5.73 Å². The number of nitrogens with two attached hydrogens (primary N) is 1. The Hall–Kier alpha value is -0.840. The van der Waals surface area contributed by atoms with Crippen LogP contribution in [0.3, 0.4) is 0 Å². The van der Waals surface area contributed by atoms with Crippen LogP contribution in [-0.2, 0) is 0 Å². The molecule has 1 heterocycles. The van der Waals surface area contributed by atoms with Gasteiger partial charge in [-0.2, -0.15) is 4.98 Å². The van der Waals surface area contributed by atoms with Crippen molar-refractivity contribution >= 4 is 27.7 Å². The zero-order chi connectivity index (χ0) is 13.0. The average Bonchev–Trinajstić information content (AvgIpc) is 2.14. The third-order valence-electron chi connectivity index (χ3n) is 2.92. The van der Waals surface area contributed by atoms with Crippen molar-refractivity contribution in [1.29, 1.82) is 0 Å². The first-order valence-corrected chi connectivity index (χ1v) is 6.73. The van der Waals surface area contributed by atoms with Crippen molar-refractivity contribution < 1.29 is 0 Å². The minimum Gasteiger partial charge on any atom is -0.383 e. The summed E-state index contributed by atoms with van der Waals surface area (Å²) in [5.41, 5.74) is 5.66. The molecule has 0 amide bonds. The molecule has 0 aliphatic rings. The van der Waals surface area contributed by atoms with Crippen molar-refractivity contribution in [3.63, 3.8) is 0 Å². The second-order valence-electron chi connectivity index (χ2n) is 4.97. The van der Waals surface area contributed by atoms with Gasteiger partial charge in [0, 0.05) is 12.6 Å². The van der Waals surface area contributed by atoms with Gasteiger partial charge in [0.05, 0.1) is 0 Å². The number of nitrogen functional groups attached to an aromatic ring is 1. The zero-order valence-corrected chi connectivity index (χ0v) is 12.5. The van der Waals surface area contributed by atoms with Crippen LogP contribution in [0.5, 0.6) is 0 Å². The highest BCUT2D eigenvalue weighted by molar-refractivity contribution is 9.10. The summed E-state index contributed by atoms with van der Waals surface area (Å²) in [7, 11) is 0. The molecule has 0 spiro atoms. The lowest BCUT2D eigenvalue weighted by molar-refractivity contribution is 0.304. The van der Waals surface area contributed by atoms with Crippen LogP contribution in [0.2, 0.25) is 0 Å². The third kappa shape index (κ3) is 4.50. The summed E-state index contributed by atoms with van der Waals surface area (Å²) in [4.78, 5) is 8.39. The highest BCUT2D eigenvalue weighted by Crippen LogP contribution is 2.21. The van der Waals surface area contributed by atoms with Crippen molar-refractivity contribution in [2.75, 3.05) is 17.6 Å². The quantitative estimate of drug-likeness (QED) is 0.820. The molecule has 0 saturated carbocycles. The predicted molar refractivity (Wildman–Crippen MR) is 75.8 cm³/mol. The van der Waals surface area contributed by atoms with Crippen molar-refractivity contribution in [1.82, 2.24) is 9.97 Å². The van der Waals surface area contributed by atoms with Crippen LogP contribution >= 0.6 is 15.9 Å². The maximum Gasteiger partial charge on any atom is 0.225 e. The standard InChI is InChI=1S/C12H21BrN4/c1-7(2)9(8(3)4)6-15-12-16-10(13)5-11(14)17-12/h5,7-9H,6H2,1-4H3,(H3,14,15,16,17). The van der Waals surface area contributed by atoms with Crippen molar-refractivity contribution in [3.05, 3.63) is 10.7 Å². The van der Waals surface area contributed by atoms with Gasteiger partial charge >= 0.3 is 0 Å². The van der Waals surface area contributed by atoms with Gasteiger partial charge in [-0.25, -0.2) is 4.98 Å². The number of hydrogen-bond donors (Lipinski definition) is 2. The van der Waals surface area contributed by atoms with E-state index in [-0.39, 0.29) is 0 Å². The maximum atomic E-state index is 5.66. The summed E-state index contributed by atoms with van der Waals surface area (Å²) >= 11 is 3.31. The average molecular weight is 301 g/mol. The van der Waals surface area contributed by atoms with Crippen molar-refractivity contribution in [2.24, 2.45) is 17.8 Å². The second-order valence-corrected chi connectivity index (χ2v) is 5.78. The molecule has 0 bridgehead atoms. The van der Waals surface area contributed by atoms with E-state index in [9.17, 15) is 0 Å². The summed E-state index contributed by atoms with van der Waals surface area (Å²) in [6.45, 7) is 9.82. The summed E-state index contributed by atoms with van der Waals surface area (Å²) in [5, 5.41) is 3.26. The molecule has 0 saturated heterocycles. The van der Waals surface area contributed by atoms with E-state index in [1.54, 1.807) is 6.07 Å². The largest absolute Gasteiger partial charge is 0.383 e.